The second-order valence-corrected chi connectivity index (χ2v) is 4.94. The highest BCUT2D eigenvalue weighted by atomic mass is 35.5. The van der Waals surface area contributed by atoms with E-state index in [1.807, 2.05) is 62.4 Å². The number of rotatable bonds is 3. The molecule has 0 aliphatic heterocycles. The van der Waals surface area contributed by atoms with Crippen molar-refractivity contribution in [3.63, 3.8) is 0 Å². The van der Waals surface area contributed by atoms with Gasteiger partial charge in [-0.05, 0) is 37.1 Å². The molecule has 2 aromatic rings. The van der Waals surface area contributed by atoms with E-state index in [2.05, 4.69) is 5.32 Å². The molecule has 1 unspecified atom stereocenters. The Balaban J connectivity index is 2.16. The maximum absolute atomic E-state index is 12.2. The second-order valence-electron chi connectivity index (χ2n) is 4.53. The van der Waals surface area contributed by atoms with E-state index in [4.69, 9.17) is 11.6 Å². The van der Waals surface area contributed by atoms with E-state index in [-0.39, 0.29) is 11.9 Å². The molecule has 1 atom stereocenters. The maximum atomic E-state index is 12.2. The quantitative estimate of drug-likeness (QED) is 0.895. The van der Waals surface area contributed by atoms with Gasteiger partial charge in [-0.2, -0.15) is 0 Å². The first-order valence-electron chi connectivity index (χ1n) is 6.20. The summed E-state index contributed by atoms with van der Waals surface area (Å²) in [6, 6.07) is 14.9. The van der Waals surface area contributed by atoms with Gasteiger partial charge in [0.05, 0.1) is 6.04 Å². The Kier molecular flexibility index (Phi) is 4.23. The zero-order valence-electron chi connectivity index (χ0n) is 11.0. The standard InChI is InChI=1S/C16H16ClNO/c1-11-7-3-4-8-13(11)16(19)18-12(2)14-9-5-6-10-15(14)17/h3-10,12H,1-2H3,(H,18,19). The molecule has 0 aliphatic carbocycles. The van der Waals surface area contributed by atoms with Crippen molar-refractivity contribution in [2.75, 3.05) is 0 Å². The predicted octanol–water partition coefficient (Wildman–Crippen LogP) is 4.14. The van der Waals surface area contributed by atoms with E-state index < -0.39 is 0 Å². The Labute approximate surface area is 118 Å². The molecule has 0 spiro atoms. The van der Waals surface area contributed by atoms with Crippen LogP contribution in [-0.2, 0) is 0 Å². The molecule has 0 saturated carbocycles. The molecule has 2 rings (SSSR count). The lowest BCUT2D eigenvalue weighted by Gasteiger charge is -2.16. The summed E-state index contributed by atoms with van der Waals surface area (Å²) in [7, 11) is 0. The fraction of sp³-hybridized carbons (Fsp3) is 0.188. The van der Waals surface area contributed by atoms with Crippen LogP contribution in [0.2, 0.25) is 5.02 Å². The maximum Gasteiger partial charge on any atom is 0.252 e. The number of halogens is 1. The van der Waals surface area contributed by atoms with Gasteiger partial charge >= 0.3 is 0 Å². The molecule has 1 N–H and O–H groups in total. The van der Waals surface area contributed by atoms with Crippen LogP contribution in [0.15, 0.2) is 48.5 Å². The molecule has 0 aromatic heterocycles. The number of carbonyl (C=O) groups excluding carboxylic acids is 1. The summed E-state index contributed by atoms with van der Waals surface area (Å²) in [6.45, 7) is 3.85. The van der Waals surface area contributed by atoms with E-state index in [9.17, 15) is 4.79 Å². The van der Waals surface area contributed by atoms with Crippen LogP contribution in [-0.4, -0.2) is 5.91 Å². The van der Waals surface area contributed by atoms with Gasteiger partial charge < -0.3 is 5.32 Å². The van der Waals surface area contributed by atoms with E-state index in [1.54, 1.807) is 0 Å². The third kappa shape index (κ3) is 3.15. The van der Waals surface area contributed by atoms with Gasteiger partial charge in [-0.15, -0.1) is 0 Å². The van der Waals surface area contributed by atoms with E-state index >= 15 is 0 Å². The number of amides is 1. The van der Waals surface area contributed by atoms with Crippen LogP contribution in [0.4, 0.5) is 0 Å². The van der Waals surface area contributed by atoms with Gasteiger partial charge in [-0.1, -0.05) is 48.0 Å². The topological polar surface area (TPSA) is 29.1 Å². The lowest BCUT2D eigenvalue weighted by atomic mass is 10.1. The zero-order chi connectivity index (χ0) is 13.8. The molecular weight excluding hydrogens is 258 g/mol. The molecule has 3 heteroatoms. The monoisotopic (exact) mass is 273 g/mol. The minimum atomic E-state index is -0.124. The lowest BCUT2D eigenvalue weighted by Crippen LogP contribution is -2.27. The predicted molar refractivity (Wildman–Crippen MR) is 78.5 cm³/mol. The van der Waals surface area contributed by atoms with Crippen molar-refractivity contribution in [1.82, 2.24) is 5.32 Å². The Morgan fingerprint density at radius 1 is 1.11 bits per heavy atom. The van der Waals surface area contributed by atoms with Crippen LogP contribution >= 0.6 is 11.6 Å². The molecule has 0 radical (unpaired) electrons. The number of nitrogens with one attached hydrogen (secondary N) is 1. The summed E-state index contributed by atoms with van der Waals surface area (Å²) in [6.07, 6.45) is 0. The molecule has 0 bridgehead atoms. The molecule has 0 saturated heterocycles. The summed E-state index contributed by atoms with van der Waals surface area (Å²) in [4.78, 5) is 12.2. The molecule has 0 fully saturated rings. The van der Waals surface area contributed by atoms with Crippen molar-refractivity contribution in [2.24, 2.45) is 0 Å². The number of carbonyl (C=O) groups is 1. The van der Waals surface area contributed by atoms with Gasteiger partial charge in [0.25, 0.3) is 5.91 Å². The third-order valence-corrected chi connectivity index (χ3v) is 3.45. The lowest BCUT2D eigenvalue weighted by molar-refractivity contribution is 0.0939. The highest BCUT2D eigenvalue weighted by molar-refractivity contribution is 6.31. The highest BCUT2D eigenvalue weighted by Gasteiger charge is 2.14. The highest BCUT2D eigenvalue weighted by Crippen LogP contribution is 2.22. The molecule has 1 amide bonds. The molecular formula is C16H16ClNO. The van der Waals surface area contributed by atoms with Crippen LogP contribution in [0.25, 0.3) is 0 Å². The van der Waals surface area contributed by atoms with Gasteiger partial charge in [0.15, 0.2) is 0 Å². The van der Waals surface area contributed by atoms with Crippen molar-refractivity contribution in [1.29, 1.82) is 0 Å². The zero-order valence-corrected chi connectivity index (χ0v) is 11.7. The van der Waals surface area contributed by atoms with Gasteiger partial charge in [-0.25, -0.2) is 0 Å². The Bertz CT molecular complexity index is 595. The van der Waals surface area contributed by atoms with Crippen molar-refractivity contribution in [3.05, 3.63) is 70.2 Å². The summed E-state index contributed by atoms with van der Waals surface area (Å²) < 4.78 is 0. The van der Waals surface area contributed by atoms with Crippen molar-refractivity contribution >= 4 is 17.5 Å². The minimum Gasteiger partial charge on any atom is -0.345 e. The van der Waals surface area contributed by atoms with E-state index in [0.29, 0.717) is 10.6 Å². The minimum absolute atomic E-state index is 0.0782. The SMILES string of the molecule is Cc1ccccc1C(=O)NC(C)c1ccccc1Cl. The Hall–Kier alpha value is -1.80. The smallest absolute Gasteiger partial charge is 0.252 e. The van der Waals surface area contributed by atoms with Gasteiger partial charge in [0, 0.05) is 10.6 Å². The molecule has 2 nitrogen and oxygen atoms in total. The molecule has 0 aliphatic rings. The van der Waals surface area contributed by atoms with E-state index in [0.717, 1.165) is 11.1 Å². The van der Waals surface area contributed by atoms with Crippen LogP contribution in [0, 0.1) is 6.92 Å². The Morgan fingerprint density at radius 3 is 2.42 bits per heavy atom. The molecule has 98 valence electrons. The third-order valence-electron chi connectivity index (χ3n) is 3.11. The summed E-state index contributed by atoms with van der Waals surface area (Å²) in [5.74, 6) is -0.0782. The average molecular weight is 274 g/mol. The first-order valence-corrected chi connectivity index (χ1v) is 6.58. The fourth-order valence-electron chi connectivity index (χ4n) is 2.01. The van der Waals surface area contributed by atoms with Crippen molar-refractivity contribution in [2.45, 2.75) is 19.9 Å². The van der Waals surface area contributed by atoms with Crippen molar-refractivity contribution in [3.8, 4) is 0 Å². The van der Waals surface area contributed by atoms with Crippen LogP contribution in [0.3, 0.4) is 0 Å². The van der Waals surface area contributed by atoms with Crippen molar-refractivity contribution < 1.29 is 4.79 Å². The van der Waals surface area contributed by atoms with Gasteiger partial charge in [0.1, 0.15) is 0 Å². The Morgan fingerprint density at radius 2 is 1.74 bits per heavy atom. The summed E-state index contributed by atoms with van der Waals surface area (Å²) in [5, 5.41) is 3.64. The van der Waals surface area contributed by atoms with Gasteiger partial charge in [0.2, 0.25) is 0 Å². The fourth-order valence-corrected chi connectivity index (χ4v) is 2.31. The second kappa shape index (κ2) is 5.89. The van der Waals surface area contributed by atoms with Crippen LogP contribution in [0.5, 0.6) is 0 Å². The number of benzene rings is 2. The van der Waals surface area contributed by atoms with Gasteiger partial charge in [-0.3, -0.25) is 4.79 Å². The molecule has 19 heavy (non-hydrogen) atoms. The van der Waals surface area contributed by atoms with E-state index in [1.165, 1.54) is 0 Å². The molecule has 2 aromatic carbocycles. The number of hydrogen-bond acceptors (Lipinski definition) is 1. The number of aryl methyl sites for hydroxylation is 1. The first kappa shape index (κ1) is 13.6. The average Bonchev–Trinajstić information content (AvgIpc) is 2.39. The first-order chi connectivity index (χ1) is 9.09. The number of hydrogen-bond donors (Lipinski definition) is 1. The summed E-state index contributed by atoms with van der Waals surface area (Å²) >= 11 is 6.13. The normalized spacial score (nSPS) is 11.9. The summed E-state index contributed by atoms with van der Waals surface area (Å²) in [5.41, 5.74) is 2.58. The largest absolute Gasteiger partial charge is 0.345 e. The van der Waals surface area contributed by atoms with Crippen LogP contribution in [0.1, 0.15) is 34.5 Å². The molecule has 0 heterocycles. The van der Waals surface area contributed by atoms with Crippen LogP contribution < -0.4 is 5.32 Å².